The van der Waals surface area contributed by atoms with Crippen LogP contribution in [0, 0.1) is 0 Å². The number of hydroxylamine groups is 1. The summed E-state index contributed by atoms with van der Waals surface area (Å²) in [5.41, 5.74) is 5.43. The first-order valence-corrected chi connectivity index (χ1v) is 6.42. The molecule has 0 spiro atoms. The zero-order valence-corrected chi connectivity index (χ0v) is 11.3. The summed E-state index contributed by atoms with van der Waals surface area (Å²) in [5, 5.41) is 0. The molecule has 0 saturated heterocycles. The molecular weight excluding hydrogens is 230 g/mol. The first kappa shape index (κ1) is 13.2. The topological polar surface area (TPSA) is 39.7 Å². The molecule has 1 N–H and O–H groups in total. The van der Waals surface area contributed by atoms with Crippen LogP contribution in [-0.2, 0) is 11.3 Å². The average Bonchev–Trinajstić information content (AvgIpc) is 2.61. The predicted molar refractivity (Wildman–Crippen MR) is 70.0 cm³/mol. The average molecular weight is 251 g/mol. The highest BCUT2D eigenvalue weighted by Gasteiger charge is 2.23. The Kier molecular flexibility index (Phi) is 4.44. The first-order chi connectivity index (χ1) is 8.80. The number of methoxy groups -OCH3 is 1. The molecule has 2 rings (SSSR count). The molecule has 1 aliphatic heterocycles. The molecule has 0 saturated carbocycles. The number of ether oxygens (including phenoxy) is 2. The third kappa shape index (κ3) is 2.60. The molecule has 0 bridgehead atoms. The second kappa shape index (κ2) is 6.07. The smallest absolute Gasteiger partial charge is 0.166 e. The molecule has 0 aliphatic carbocycles. The van der Waals surface area contributed by atoms with Gasteiger partial charge in [-0.3, -0.25) is 0 Å². The summed E-state index contributed by atoms with van der Waals surface area (Å²) in [6.45, 7) is 2.86. The van der Waals surface area contributed by atoms with Crippen LogP contribution < -0.4 is 15.0 Å². The molecule has 18 heavy (non-hydrogen) atoms. The monoisotopic (exact) mass is 251 g/mol. The summed E-state index contributed by atoms with van der Waals surface area (Å²) in [5.74, 6) is 1.66. The summed E-state index contributed by atoms with van der Waals surface area (Å²) in [4.78, 5) is 5.09. The van der Waals surface area contributed by atoms with Crippen LogP contribution >= 0.6 is 0 Å². The van der Waals surface area contributed by atoms with Crippen molar-refractivity contribution < 1.29 is 14.3 Å². The Hall–Kier alpha value is -1.26. The third-order valence-corrected chi connectivity index (χ3v) is 3.29. The van der Waals surface area contributed by atoms with E-state index in [4.69, 9.17) is 14.3 Å². The SMILES string of the molecule is CCc1cc(OC)c2c(c1)C(NOC)CCCO2. The fourth-order valence-electron chi connectivity index (χ4n) is 2.33. The maximum Gasteiger partial charge on any atom is 0.166 e. The molecule has 1 heterocycles. The summed E-state index contributed by atoms with van der Waals surface area (Å²) in [6, 6.07) is 4.39. The van der Waals surface area contributed by atoms with Crippen molar-refractivity contribution in [2.24, 2.45) is 0 Å². The van der Waals surface area contributed by atoms with Gasteiger partial charge in [-0.15, -0.1) is 0 Å². The Morgan fingerprint density at radius 3 is 2.89 bits per heavy atom. The highest BCUT2D eigenvalue weighted by atomic mass is 16.6. The van der Waals surface area contributed by atoms with Crippen LogP contribution in [0.1, 0.15) is 36.9 Å². The molecule has 0 aromatic heterocycles. The van der Waals surface area contributed by atoms with Gasteiger partial charge in [-0.1, -0.05) is 13.0 Å². The normalized spacial score (nSPS) is 18.7. The van der Waals surface area contributed by atoms with E-state index in [0.29, 0.717) is 0 Å². The lowest BCUT2D eigenvalue weighted by Gasteiger charge is -2.19. The van der Waals surface area contributed by atoms with E-state index in [1.165, 1.54) is 5.56 Å². The van der Waals surface area contributed by atoms with Crippen molar-refractivity contribution in [1.29, 1.82) is 0 Å². The Bertz CT molecular complexity index is 406. The van der Waals surface area contributed by atoms with E-state index in [-0.39, 0.29) is 6.04 Å². The zero-order chi connectivity index (χ0) is 13.0. The fraction of sp³-hybridized carbons (Fsp3) is 0.571. The molecule has 1 aliphatic rings. The van der Waals surface area contributed by atoms with Crippen LogP contribution in [0.15, 0.2) is 12.1 Å². The minimum atomic E-state index is 0.160. The maximum absolute atomic E-state index is 5.83. The minimum Gasteiger partial charge on any atom is -0.493 e. The summed E-state index contributed by atoms with van der Waals surface area (Å²) in [7, 11) is 3.33. The van der Waals surface area contributed by atoms with Crippen LogP contribution in [0.5, 0.6) is 11.5 Å². The highest BCUT2D eigenvalue weighted by molar-refractivity contribution is 5.51. The van der Waals surface area contributed by atoms with E-state index >= 15 is 0 Å². The fourth-order valence-corrected chi connectivity index (χ4v) is 2.33. The molecule has 0 fully saturated rings. The number of nitrogens with one attached hydrogen (secondary N) is 1. The summed E-state index contributed by atoms with van der Waals surface area (Å²) in [6.07, 6.45) is 2.97. The van der Waals surface area contributed by atoms with Gasteiger partial charge in [-0.2, -0.15) is 5.48 Å². The molecule has 4 heteroatoms. The Morgan fingerprint density at radius 1 is 1.39 bits per heavy atom. The second-order valence-corrected chi connectivity index (χ2v) is 4.44. The Morgan fingerprint density at radius 2 is 2.22 bits per heavy atom. The number of fused-ring (bicyclic) bond motifs is 1. The van der Waals surface area contributed by atoms with Gasteiger partial charge in [0.25, 0.3) is 0 Å². The van der Waals surface area contributed by atoms with Gasteiger partial charge in [-0.05, 0) is 30.9 Å². The molecule has 0 radical (unpaired) electrons. The molecule has 100 valence electrons. The van der Waals surface area contributed by atoms with Gasteiger partial charge in [0.2, 0.25) is 0 Å². The van der Waals surface area contributed by atoms with Crippen molar-refractivity contribution in [2.45, 2.75) is 32.2 Å². The van der Waals surface area contributed by atoms with Crippen molar-refractivity contribution in [3.63, 3.8) is 0 Å². The lowest BCUT2D eigenvalue weighted by molar-refractivity contribution is 0.0579. The van der Waals surface area contributed by atoms with E-state index in [1.807, 2.05) is 6.07 Å². The summed E-state index contributed by atoms with van der Waals surface area (Å²) < 4.78 is 11.3. The van der Waals surface area contributed by atoms with E-state index in [0.717, 1.165) is 42.9 Å². The maximum atomic E-state index is 5.83. The molecular formula is C14H21NO3. The zero-order valence-electron chi connectivity index (χ0n) is 11.3. The molecule has 1 atom stereocenters. The van der Waals surface area contributed by atoms with Gasteiger partial charge in [-0.25, -0.2) is 0 Å². The van der Waals surface area contributed by atoms with Crippen LogP contribution in [0.2, 0.25) is 0 Å². The van der Waals surface area contributed by atoms with Crippen LogP contribution in [0.3, 0.4) is 0 Å². The van der Waals surface area contributed by atoms with Gasteiger partial charge >= 0.3 is 0 Å². The lowest BCUT2D eigenvalue weighted by Crippen LogP contribution is -2.19. The highest BCUT2D eigenvalue weighted by Crippen LogP contribution is 2.39. The van der Waals surface area contributed by atoms with Crippen molar-refractivity contribution >= 4 is 0 Å². The second-order valence-electron chi connectivity index (χ2n) is 4.44. The largest absolute Gasteiger partial charge is 0.493 e. The molecule has 0 amide bonds. The number of rotatable bonds is 4. The minimum absolute atomic E-state index is 0.160. The first-order valence-electron chi connectivity index (χ1n) is 6.42. The van der Waals surface area contributed by atoms with Crippen LogP contribution in [0.25, 0.3) is 0 Å². The third-order valence-electron chi connectivity index (χ3n) is 3.29. The van der Waals surface area contributed by atoms with Crippen molar-refractivity contribution in [3.05, 3.63) is 23.3 Å². The van der Waals surface area contributed by atoms with Gasteiger partial charge < -0.3 is 14.3 Å². The van der Waals surface area contributed by atoms with Gasteiger partial charge in [0.1, 0.15) is 0 Å². The number of hydrogen-bond acceptors (Lipinski definition) is 4. The van der Waals surface area contributed by atoms with Crippen LogP contribution in [0.4, 0.5) is 0 Å². The number of benzene rings is 1. The van der Waals surface area contributed by atoms with Crippen molar-refractivity contribution in [2.75, 3.05) is 20.8 Å². The van der Waals surface area contributed by atoms with E-state index in [2.05, 4.69) is 18.5 Å². The number of hydrogen-bond donors (Lipinski definition) is 1. The molecule has 4 nitrogen and oxygen atoms in total. The predicted octanol–water partition coefficient (Wildman–Crippen LogP) is 2.62. The Balaban J connectivity index is 2.46. The van der Waals surface area contributed by atoms with Gasteiger partial charge in [0.15, 0.2) is 11.5 Å². The standard InChI is InChI=1S/C14H21NO3/c1-4-10-8-11-12(15-17-3)6-5-7-18-14(11)13(9-10)16-2/h8-9,12,15H,4-7H2,1-3H3. The molecule has 1 unspecified atom stereocenters. The van der Waals surface area contributed by atoms with Crippen molar-refractivity contribution in [3.8, 4) is 11.5 Å². The molecule has 1 aromatic rings. The van der Waals surface area contributed by atoms with Crippen LogP contribution in [-0.4, -0.2) is 20.8 Å². The quantitative estimate of drug-likeness (QED) is 0.835. The number of aryl methyl sites for hydroxylation is 1. The van der Waals surface area contributed by atoms with E-state index in [9.17, 15) is 0 Å². The van der Waals surface area contributed by atoms with Crippen molar-refractivity contribution in [1.82, 2.24) is 5.48 Å². The molecule has 1 aromatic carbocycles. The van der Waals surface area contributed by atoms with Gasteiger partial charge in [0, 0.05) is 5.56 Å². The summed E-state index contributed by atoms with van der Waals surface area (Å²) >= 11 is 0. The van der Waals surface area contributed by atoms with E-state index < -0.39 is 0 Å². The van der Waals surface area contributed by atoms with Gasteiger partial charge in [0.05, 0.1) is 26.9 Å². The lowest BCUT2D eigenvalue weighted by atomic mass is 9.99. The Labute approximate surface area is 108 Å². The van der Waals surface area contributed by atoms with E-state index in [1.54, 1.807) is 14.2 Å².